The number of benzene rings is 2. The monoisotopic (exact) mass is 409 g/mol. The number of carbonyl (C=O) groups excluding carboxylic acids is 1. The first kappa shape index (κ1) is 20.9. The van der Waals surface area contributed by atoms with Crippen LogP contribution < -0.4 is 10.1 Å². The molecular formula is C25H31NO4. The smallest absolute Gasteiger partial charge is 0.226 e. The molecule has 0 radical (unpaired) electrons. The molecule has 2 aromatic carbocycles. The van der Waals surface area contributed by atoms with Gasteiger partial charge in [-0.05, 0) is 60.9 Å². The molecular weight excluding hydrogens is 378 g/mol. The molecule has 1 N–H and O–H groups in total. The van der Waals surface area contributed by atoms with Crippen LogP contribution >= 0.6 is 0 Å². The van der Waals surface area contributed by atoms with E-state index in [1.165, 1.54) is 5.56 Å². The average molecular weight is 410 g/mol. The van der Waals surface area contributed by atoms with Gasteiger partial charge in [0.05, 0.1) is 18.6 Å². The third kappa shape index (κ3) is 4.68. The van der Waals surface area contributed by atoms with Gasteiger partial charge < -0.3 is 19.5 Å². The minimum Gasteiger partial charge on any atom is -0.497 e. The minimum absolute atomic E-state index is 0.130. The molecule has 5 heteroatoms. The molecule has 1 atom stereocenters. The van der Waals surface area contributed by atoms with Gasteiger partial charge in [0.15, 0.2) is 0 Å². The number of hydrogen-bond acceptors (Lipinski definition) is 4. The van der Waals surface area contributed by atoms with Crippen molar-refractivity contribution in [1.82, 2.24) is 5.32 Å². The van der Waals surface area contributed by atoms with Gasteiger partial charge in [-0.3, -0.25) is 4.79 Å². The summed E-state index contributed by atoms with van der Waals surface area (Å²) in [6.07, 6.45) is 4.43. The highest BCUT2D eigenvalue weighted by molar-refractivity contribution is 5.83. The zero-order valence-electron chi connectivity index (χ0n) is 17.7. The highest BCUT2D eigenvalue weighted by atomic mass is 16.5. The summed E-state index contributed by atoms with van der Waals surface area (Å²) >= 11 is 0. The number of carbonyl (C=O) groups is 1. The van der Waals surface area contributed by atoms with Crippen LogP contribution in [0.4, 0.5) is 0 Å². The molecule has 2 aliphatic rings. The van der Waals surface area contributed by atoms with Gasteiger partial charge >= 0.3 is 0 Å². The quantitative estimate of drug-likeness (QED) is 0.751. The fraction of sp³-hybridized carbons (Fsp3) is 0.480. The molecule has 0 saturated carbocycles. The van der Waals surface area contributed by atoms with E-state index in [9.17, 15) is 4.79 Å². The van der Waals surface area contributed by atoms with Crippen LogP contribution in [-0.2, 0) is 20.7 Å². The van der Waals surface area contributed by atoms with Crippen molar-refractivity contribution >= 4 is 5.91 Å². The maximum Gasteiger partial charge on any atom is 0.226 e. The fourth-order valence-corrected chi connectivity index (χ4v) is 4.54. The first-order chi connectivity index (χ1) is 14.7. The predicted octanol–water partition coefficient (Wildman–Crippen LogP) is 4.00. The number of hydrogen-bond donors (Lipinski definition) is 1. The molecule has 0 aliphatic carbocycles. The van der Waals surface area contributed by atoms with E-state index < -0.39 is 5.41 Å². The lowest BCUT2D eigenvalue weighted by atomic mass is 9.73. The van der Waals surface area contributed by atoms with Crippen molar-refractivity contribution in [3.63, 3.8) is 0 Å². The van der Waals surface area contributed by atoms with Gasteiger partial charge in [0, 0.05) is 26.4 Å². The Bertz CT molecular complexity index is 836. The van der Waals surface area contributed by atoms with Crippen LogP contribution in [0, 0.1) is 5.41 Å². The zero-order valence-corrected chi connectivity index (χ0v) is 17.7. The van der Waals surface area contributed by atoms with Crippen molar-refractivity contribution in [2.75, 3.05) is 33.5 Å². The molecule has 160 valence electrons. The van der Waals surface area contributed by atoms with Gasteiger partial charge in [-0.1, -0.05) is 36.4 Å². The fourth-order valence-electron chi connectivity index (χ4n) is 4.54. The predicted molar refractivity (Wildman–Crippen MR) is 117 cm³/mol. The molecule has 1 amide bonds. The standard InChI is InChI=1S/C25H31NO4/c1-28-21-10-8-19(9-11-21)23-7-3-2-5-20(23)17-25(12-15-29-16-13-25)24(27)26-18-22-6-4-14-30-22/h2-3,5,7-11,22H,4,6,12-18H2,1H3,(H,26,27). The van der Waals surface area contributed by atoms with Crippen molar-refractivity contribution in [3.8, 4) is 16.9 Å². The summed E-state index contributed by atoms with van der Waals surface area (Å²) in [7, 11) is 1.67. The molecule has 2 aromatic rings. The second-order valence-electron chi connectivity index (χ2n) is 8.30. The Morgan fingerprint density at radius 2 is 1.87 bits per heavy atom. The van der Waals surface area contributed by atoms with Crippen LogP contribution in [0.1, 0.15) is 31.2 Å². The summed E-state index contributed by atoms with van der Waals surface area (Å²) < 4.78 is 16.6. The molecule has 0 bridgehead atoms. The Morgan fingerprint density at radius 3 is 2.57 bits per heavy atom. The maximum absolute atomic E-state index is 13.4. The van der Waals surface area contributed by atoms with Crippen LogP contribution in [0.25, 0.3) is 11.1 Å². The normalized spacial score (nSPS) is 20.6. The molecule has 1 unspecified atom stereocenters. The Balaban J connectivity index is 1.56. The summed E-state index contributed by atoms with van der Waals surface area (Å²) in [4.78, 5) is 13.4. The van der Waals surface area contributed by atoms with Crippen molar-refractivity contribution in [3.05, 3.63) is 54.1 Å². The zero-order chi connectivity index (χ0) is 20.8. The molecule has 0 spiro atoms. The van der Waals surface area contributed by atoms with Gasteiger partial charge in [0.1, 0.15) is 5.75 Å². The second kappa shape index (κ2) is 9.63. The highest BCUT2D eigenvalue weighted by Gasteiger charge is 2.40. The van der Waals surface area contributed by atoms with Crippen molar-refractivity contribution in [1.29, 1.82) is 0 Å². The molecule has 0 aromatic heterocycles. The Morgan fingerprint density at radius 1 is 1.10 bits per heavy atom. The first-order valence-electron chi connectivity index (χ1n) is 10.9. The largest absolute Gasteiger partial charge is 0.497 e. The Labute approximate surface area is 178 Å². The number of nitrogens with one attached hydrogen (secondary N) is 1. The molecule has 2 fully saturated rings. The van der Waals surface area contributed by atoms with Gasteiger partial charge in [0.25, 0.3) is 0 Å². The summed E-state index contributed by atoms with van der Waals surface area (Å²) in [5.74, 6) is 0.969. The van der Waals surface area contributed by atoms with E-state index in [0.29, 0.717) is 26.2 Å². The molecule has 5 nitrogen and oxygen atoms in total. The summed E-state index contributed by atoms with van der Waals surface area (Å²) in [5, 5.41) is 3.19. The average Bonchev–Trinajstić information content (AvgIpc) is 3.32. The minimum atomic E-state index is -0.445. The van der Waals surface area contributed by atoms with E-state index in [1.54, 1.807) is 7.11 Å². The third-order valence-corrected chi connectivity index (χ3v) is 6.39. The number of amides is 1. The van der Waals surface area contributed by atoms with E-state index in [2.05, 4.69) is 41.7 Å². The van der Waals surface area contributed by atoms with Gasteiger partial charge in [-0.25, -0.2) is 0 Å². The topological polar surface area (TPSA) is 56.8 Å². The third-order valence-electron chi connectivity index (χ3n) is 6.39. The van der Waals surface area contributed by atoms with Gasteiger partial charge in [-0.15, -0.1) is 0 Å². The molecule has 2 heterocycles. The first-order valence-corrected chi connectivity index (χ1v) is 10.9. The van der Waals surface area contributed by atoms with E-state index in [1.807, 2.05) is 12.1 Å². The molecule has 2 saturated heterocycles. The van der Waals surface area contributed by atoms with Crippen LogP contribution in [-0.4, -0.2) is 45.5 Å². The maximum atomic E-state index is 13.4. The Hall–Kier alpha value is -2.37. The van der Waals surface area contributed by atoms with Crippen molar-refractivity contribution < 1.29 is 19.0 Å². The van der Waals surface area contributed by atoms with E-state index in [-0.39, 0.29) is 12.0 Å². The SMILES string of the molecule is COc1ccc(-c2ccccc2CC2(C(=O)NCC3CCCO3)CCOCC2)cc1. The van der Waals surface area contributed by atoms with E-state index >= 15 is 0 Å². The van der Waals surface area contributed by atoms with E-state index in [0.717, 1.165) is 49.2 Å². The van der Waals surface area contributed by atoms with Gasteiger partial charge in [0.2, 0.25) is 5.91 Å². The van der Waals surface area contributed by atoms with Crippen molar-refractivity contribution in [2.24, 2.45) is 5.41 Å². The molecule has 4 rings (SSSR count). The Kier molecular flexibility index (Phi) is 6.70. The second-order valence-corrected chi connectivity index (χ2v) is 8.30. The van der Waals surface area contributed by atoms with Gasteiger partial charge in [-0.2, -0.15) is 0 Å². The van der Waals surface area contributed by atoms with E-state index in [4.69, 9.17) is 14.2 Å². The lowest BCUT2D eigenvalue weighted by Gasteiger charge is -2.36. The van der Waals surface area contributed by atoms with Crippen LogP contribution in [0.2, 0.25) is 0 Å². The lowest BCUT2D eigenvalue weighted by molar-refractivity contribution is -0.137. The van der Waals surface area contributed by atoms with Crippen LogP contribution in [0.15, 0.2) is 48.5 Å². The number of ether oxygens (including phenoxy) is 3. The molecule has 30 heavy (non-hydrogen) atoms. The van der Waals surface area contributed by atoms with Crippen LogP contribution in [0.5, 0.6) is 5.75 Å². The summed E-state index contributed by atoms with van der Waals surface area (Å²) in [5.41, 5.74) is 3.04. The number of methoxy groups -OCH3 is 1. The summed E-state index contributed by atoms with van der Waals surface area (Å²) in [6, 6.07) is 16.5. The van der Waals surface area contributed by atoms with Crippen molar-refractivity contribution in [2.45, 2.75) is 38.2 Å². The highest BCUT2D eigenvalue weighted by Crippen LogP contribution is 2.38. The lowest BCUT2D eigenvalue weighted by Crippen LogP contribution is -2.48. The molecule has 2 aliphatic heterocycles. The summed E-state index contributed by atoms with van der Waals surface area (Å²) in [6.45, 7) is 2.65. The number of rotatable bonds is 7. The van der Waals surface area contributed by atoms with Crippen LogP contribution in [0.3, 0.4) is 0 Å².